The van der Waals surface area contributed by atoms with E-state index in [9.17, 15) is 22.4 Å². The number of nitrogens with zero attached hydrogens (tertiary/aromatic N) is 3. The molecule has 0 radical (unpaired) electrons. The lowest BCUT2D eigenvalue weighted by Gasteiger charge is -2.14. The van der Waals surface area contributed by atoms with Crippen molar-refractivity contribution in [1.82, 2.24) is 19.9 Å². The molecule has 5 nitrogen and oxygen atoms in total. The second-order valence-electron chi connectivity index (χ2n) is 7.39. The number of alkyl halides is 3. The molecule has 0 unspecified atom stereocenters. The summed E-state index contributed by atoms with van der Waals surface area (Å²) in [5.74, 6) is -1.41. The van der Waals surface area contributed by atoms with Crippen LogP contribution >= 0.6 is 0 Å². The molecule has 164 valence electrons. The summed E-state index contributed by atoms with van der Waals surface area (Å²) in [5, 5.41) is 6.50. The number of aromatic nitrogens is 3. The minimum absolute atomic E-state index is 0.00973. The Morgan fingerprint density at radius 1 is 1.09 bits per heavy atom. The van der Waals surface area contributed by atoms with Crippen LogP contribution in [0.3, 0.4) is 0 Å². The van der Waals surface area contributed by atoms with Gasteiger partial charge in [-0.25, -0.2) is 13.9 Å². The van der Waals surface area contributed by atoms with Gasteiger partial charge < -0.3 is 5.32 Å². The molecule has 2 heterocycles. The van der Waals surface area contributed by atoms with Crippen molar-refractivity contribution in [3.05, 3.63) is 88.6 Å². The molecule has 9 heteroatoms. The fourth-order valence-corrected chi connectivity index (χ4v) is 3.55. The number of benzene rings is 2. The molecule has 4 rings (SSSR count). The number of aryl methyl sites for hydroxylation is 2. The summed E-state index contributed by atoms with van der Waals surface area (Å²) in [5.41, 5.74) is 1.15. The molecule has 0 atom stereocenters. The van der Waals surface area contributed by atoms with Crippen LogP contribution in [-0.2, 0) is 12.7 Å². The lowest BCUT2D eigenvalue weighted by atomic mass is 10.0. The zero-order valence-electron chi connectivity index (χ0n) is 17.2. The van der Waals surface area contributed by atoms with E-state index in [1.54, 1.807) is 19.1 Å². The van der Waals surface area contributed by atoms with E-state index >= 15 is 0 Å². The van der Waals surface area contributed by atoms with Gasteiger partial charge in [-0.2, -0.15) is 18.3 Å². The highest BCUT2D eigenvalue weighted by Gasteiger charge is 2.40. The van der Waals surface area contributed by atoms with E-state index in [0.717, 1.165) is 11.8 Å². The fourth-order valence-electron chi connectivity index (χ4n) is 3.55. The lowest BCUT2D eigenvalue weighted by Crippen LogP contribution is -2.28. The van der Waals surface area contributed by atoms with Crippen LogP contribution in [0.5, 0.6) is 0 Å². The Labute approximate surface area is 180 Å². The zero-order chi connectivity index (χ0) is 23.0. The molecule has 0 aliphatic heterocycles. The molecule has 2 aromatic heterocycles. The maximum Gasteiger partial charge on any atom is 0.434 e. The van der Waals surface area contributed by atoms with Crippen molar-refractivity contribution >= 4 is 11.6 Å². The van der Waals surface area contributed by atoms with Crippen LogP contribution in [0.25, 0.3) is 16.8 Å². The van der Waals surface area contributed by atoms with Gasteiger partial charge in [-0.15, -0.1) is 0 Å². The molecule has 1 N–H and O–H groups in total. The molecule has 4 aromatic rings. The molecule has 0 saturated carbocycles. The third kappa shape index (κ3) is 4.05. The van der Waals surface area contributed by atoms with Gasteiger partial charge in [-0.1, -0.05) is 42.0 Å². The average molecular weight is 442 g/mol. The van der Waals surface area contributed by atoms with Gasteiger partial charge in [0, 0.05) is 18.3 Å². The van der Waals surface area contributed by atoms with Gasteiger partial charge in [-0.3, -0.25) is 4.79 Å². The number of rotatable bonds is 4. The van der Waals surface area contributed by atoms with Crippen LogP contribution in [0.15, 0.2) is 54.7 Å². The number of hydrogen-bond donors (Lipinski definition) is 1. The van der Waals surface area contributed by atoms with Gasteiger partial charge in [0.05, 0.1) is 11.3 Å². The van der Waals surface area contributed by atoms with Crippen LogP contribution in [0.2, 0.25) is 0 Å². The molecule has 0 bridgehead atoms. The van der Waals surface area contributed by atoms with E-state index in [2.05, 4.69) is 15.4 Å². The maximum atomic E-state index is 14.0. The Balaban J connectivity index is 1.78. The Bertz CT molecular complexity index is 1310. The Hall–Kier alpha value is -3.75. The van der Waals surface area contributed by atoms with E-state index in [0.29, 0.717) is 26.9 Å². The summed E-state index contributed by atoms with van der Waals surface area (Å²) in [4.78, 5) is 16.8. The topological polar surface area (TPSA) is 59.3 Å². The fraction of sp³-hybridized carbons (Fsp3) is 0.174. The van der Waals surface area contributed by atoms with Crippen LogP contribution in [0.1, 0.15) is 32.9 Å². The Kier molecular flexibility index (Phi) is 5.41. The van der Waals surface area contributed by atoms with Crippen LogP contribution in [-0.4, -0.2) is 20.5 Å². The highest BCUT2D eigenvalue weighted by molar-refractivity contribution is 5.96. The quantitative estimate of drug-likeness (QED) is 0.448. The van der Waals surface area contributed by atoms with E-state index in [1.165, 1.54) is 24.3 Å². The zero-order valence-corrected chi connectivity index (χ0v) is 17.2. The van der Waals surface area contributed by atoms with Crippen molar-refractivity contribution in [1.29, 1.82) is 0 Å². The van der Waals surface area contributed by atoms with Gasteiger partial charge in [0.15, 0.2) is 11.3 Å². The summed E-state index contributed by atoms with van der Waals surface area (Å²) < 4.78 is 55.8. The third-order valence-corrected chi connectivity index (χ3v) is 5.01. The van der Waals surface area contributed by atoms with Crippen LogP contribution in [0, 0.1) is 19.7 Å². The number of hydrogen-bond acceptors (Lipinski definition) is 3. The predicted octanol–water partition coefficient (Wildman–Crippen LogP) is 5.10. The largest absolute Gasteiger partial charge is 0.434 e. The SMILES string of the molecule is Cc1cccc(-c2c(C)nn3c(C(F)(F)F)c(C(=O)NCc4ccc(F)cc4)cnc23)c1. The number of fused-ring (bicyclic) bond motifs is 1. The van der Waals surface area contributed by atoms with E-state index in [1.807, 2.05) is 19.1 Å². The summed E-state index contributed by atoms with van der Waals surface area (Å²) in [6.45, 7) is 3.41. The second kappa shape index (κ2) is 8.07. The van der Waals surface area contributed by atoms with E-state index in [-0.39, 0.29) is 12.2 Å². The first-order chi connectivity index (χ1) is 15.1. The first-order valence-corrected chi connectivity index (χ1v) is 9.70. The summed E-state index contributed by atoms with van der Waals surface area (Å²) >= 11 is 0. The monoisotopic (exact) mass is 442 g/mol. The summed E-state index contributed by atoms with van der Waals surface area (Å²) in [6.07, 6.45) is -3.94. The number of carbonyl (C=O) groups excluding carboxylic acids is 1. The van der Waals surface area contributed by atoms with Gasteiger partial charge in [-0.05, 0) is 37.1 Å². The smallest absolute Gasteiger partial charge is 0.348 e. The molecular formula is C23H18F4N4O. The second-order valence-corrected chi connectivity index (χ2v) is 7.39. The molecule has 0 aliphatic carbocycles. The van der Waals surface area contributed by atoms with Gasteiger partial charge in [0.25, 0.3) is 5.91 Å². The molecule has 0 fully saturated rings. The Morgan fingerprint density at radius 2 is 1.81 bits per heavy atom. The summed E-state index contributed by atoms with van der Waals surface area (Å²) in [7, 11) is 0. The molecule has 32 heavy (non-hydrogen) atoms. The highest BCUT2D eigenvalue weighted by atomic mass is 19.4. The van der Waals surface area contributed by atoms with Crippen molar-refractivity contribution in [2.24, 2.45) is 0 Å². The minimum Gasteiger partial charge on any atom is -0.348 e. The van der Waals surface area contributed by atoms with Gasteiger partial charge in [0.2, 0.25) is 0 Å². The van der Waals surface area contributed by atoms with Crippen molar-refractivity contribution < 1.29 is 22.4 Å². The van der Waals surface area contributed by atoms with Crippen molar-refractivity contribution in [3.8, 4) is 11.1 Å². The Morgan fingerprint density at radius 3 is 2.47 bits per heavy atom. The standard InChI is InChI=1S/C23H18F4N4O/c1-13-4-3-5-16(10-13)19-14(2)30-31-20(23(25,26)27)18(12-28-21(19)31)22(32)29-11-15-6-8-17(24)9-7-15/h3-10,12H,11H2,1-2H3,(H,29,32). The molecule has 0 aliphatic rings. The number of amides is 1. The van der Waals surface area contributed by atoms with Gasteiger partial charge in [0.1, 0.15) is 5.82 Å². The third-order valence-electron chi connectivity index (χ3n) is 5.01. The molecule has 2 aromatic carbocycles. The maximum absolute atomic E-state index is 14.0. The molecule has 0 saturated heterocycles. The predicted molar refractivity (Wildman–Crippen MR) is 110 cm³/mol. The van der Waals surface area contributed by atoms with Gasteiger partial charge >= 0.3 is 6.18 Å². The first kappa shape index (κ1) is 21.5. The van der Waals surface area contributed by atoms with Crippen molar-refractivity contribution in [3.63, 3.8) is 0 Å². The van der Waals surface area contributed by atoms with Crippen molar-refractivity contribution in [2.45, 2.75) is 26.6 Å². The number of halogens is 4. The lowest BCUT2D eigenvalue weighted by molar-refractivity contribution is -0.143. The van der Waals surface area contributed by atoms with E-state index in [4.69, 9.17) is 0 Å². The average Bonchev–Trinajstić information content (AvgIpc) is 3.07. The minimum atomic E-state index is -4.86. The normalized spacial score (nSPS) is 11.7. The highest BCUT2D eigenvalue weighted by Crippen LogP contribution is 2.35. The van der Waals surface area contributed by atoms with E-state index < -0.39 is 29.2 Å². The van der Waals surface area contributed by atoms with Crippen LogP contribution < -0.4 is 5.32 Å². The summed E-state index contributed by atoms with van der Waals surface area (Å²) in [6, 6.07) is 12.6. The van der Waals surface area contributed by atoms with Crippen LogP contribution in [0.4, 0.5) is 17.6 Å². The number of nitrogens with one attached hydrogen (secondary N) is 1. The van der Waals surface area contributed by atoms with Crippen molar-refractivity contribution in [2.75, 3.05) is 0 Å². The number of carbonyl (C=O) groups is 1. The molecular weight excluding hydrogens is 424 g/mol. The molecule has 0 spiro atoms. The first-order valence-electron chi connectivity index (χ1n) is 9.70. The molecule has 1 amide bonds.